The molecule has 0 aromatic heterocycles. The molecule has 2 unspecified atom stereocenters. The van der Waals surface area contributed by atoms with Crippen molar-refractivity contribution in [2.75, 3.05) is 39.6 Å². The zero-order chi connectivity index (χ0) is 65.0. The fourth-order valence-corrected chi connectivity index (χ4v) is 12.0. The van der Waals surface area contributed by atoms with E-state index in [2.05, 4.69) is 41.5 Å². The van der Waals surface area contributed by atoms with E-state index in [1.165, 1.54) is 161 Å². The standard InChI is InChI=1S/C69H134O17P2/c1-7-9-11-13-15-17-23-27-35-41-47-53-68(73)85-64(57-79-66(71)51-45-39-33-16-14-12-10-8-2)59-83-87(75,76)81-55-63(70)56-82-88(77,78)84-60-65(58-80-67(72)52-46-40-34-30-29-32-38-44-50-62(5)6)86-69(74)54-48-42-36-28-25-22-20-18-19-21-24-26-31-37-43-49-61(3)4/h61-65,70H,7-60H2,1-6H3,(H,75,76)(H,77,78)/t63-,64+,65+/m0/s1. The van der Waals surface area contributed by atoms with Crippen molar-refractivity contribution in [3.8, 4) is 0 Å². The van der Waals surface area contributed by atoms with E-state index in [1.807, 2.05) is 0 Å². The molecule has 0 saturated heterocycles. The maximum absolute atomic E-state index is 13.0. The molecule has 19 heteroatoms. The van der Waals surface area contributed by atoms with Crippen LogP contribution in [0.15, 0.2) is 0 Å². The highest BCUT2D eigenvalue weighted by atomic mass is 31.2. The minimum absolute atomic E-state index is 0.107. The molecular weight excluding hydrogens is 1160 g/mol. The summed E-state index contributed by atoms with van der Waals surface area (Å²) in [5.41, 5.74) is 0. The number of unbranched alkanes of at least 4 members (excludes halogenated alkanes) is 38. The fraction of sp³-hybridized carbons (Fsp3) is 0.942. The highest BCUT2D eigenvalue weighted by Gasteiger charge is 2.30. The predicted molar refractivity (Wildman–Crippen MR) is 354 cm³/mol. The number of aliphatic hydroxyl groups is 1. The van der Waals surface area contributed by atoms with Crippen molar-refractivity contribution < 1.29 is 80.2 Å². The fourth-order valence-electron chi connectivity index (χ4n) is 10.4. The zero-order valence-corrected chi connectivity index (χ0v) is 58.8. The van der Waals surface area contributed by atoms with Crippen LogP contribution in [0.1, 0.15) is 350 Å². The number of aliphatic hydroxyl groups excluding tert-OH is 1. The maximum Gasteiger partial charge on any atom is 0.472 e. The Bertz CT molecular complexity index is 1720. The van der Waals surface area contributed by atoms with Crippen LogP contribution in [0.5, 0.6) is 0 Å². The molecule has 0 rings (SSSR count). The van der Waals surface area contributed by atoms with Crippen molar-refractivity contribution in [2.45, 2.75) is 368 Å². The molecule has 88 heavy (non-hydrogen) atoms. The van der Waals surface area contributed by atoms with Gasteiger partial charge in [-0.05, 0) is 37.5 Å². The second kappa shape index (κ2) is 61.3. The molecular formula is C69H134O17P2. The first kappa shape index (κ1) is 86.1. The van der Waals surface area contributed by atoms with Gasteiger partial charge in [0.15, 0.2) is 12.2 Å². The Morgan fingerprint density at radius 3 is 0.773 bits per heavy atom. The van der Waals surface area contributed by atoms with Gasteiger partial charge in [-0.2, -0.15) is 0 Å². The topological polar surface area (TPSA) is 237 Å². The van der Waals surface area contributed by atoms with E-state index in [0.717, 1.165) is 108 Å². The molecule has 0 aromatic rings. The molecule has 0 saturated carbocycles. The lowest BCUT2D eigenvalue weighted by molar-refractivity contribution is -0.161. The van der Waals surface area contributed by atoms with E-state index >= 15 is 0 Å². The minimum Gasteiger partial charge on any atom is -0.462 e. The van der Waals surface area contributed by atoms with Crippen molar-refractivity contribution in [3.63, 3.8) is 0 Å². The first-order valence-corrected chi connectivity index (χ1v) is 39.0. The Morgan fingerprint density at radius 2 is 0.523 bits per heavy atom. The Kier molecular flexibility index (Phi) is 59.9. The lowest BCUT2D eigenvalue weighted by Crippen LogP contribution is -2.30. The van der Waals surface area contributed by atoms with E-state index in [-0.39, 0.29) is 25.7 Å². The second-order valence-corrected chi connectivity index (χ2v) is 28.8. The number of phosphoric acid groups is 2. The highest BCUT2D eigenvalue weighted by Crippen LogP contribution is 2.45. The van der Waals surface area contributed by atoms with Gasteiger partial charge in [-0.25, -0.2) is 9.13 Å². The van der Waals surface area contributed by atoms with Crippen molar-refractivity contribution >= 4 is 39.5 Å². The molecule has 0 aromatic carbocycles. The molecule has 0 spiro atoms. The summed E-state index contributed by atoms with van der Waals surface area (Å²) < 4.78 is 68.1. The summed E-state index contributed by atoms with van der Waals surface area (Å²) in [4.78, 5) is 72.4. The third-order valence-corrected chi connectivity index (χ3v) is 17.9. The largest absolute Gasteiger partial charge is 0.472 e. The number of esters is 4. The average molecular weight is 1300 g/mol. The number of hydrogen-bond donors (Lipinski definition) is 3. The van der Waals surface area contributed by atoms with Gasteiger partial charge in [0.25, 0.3) is 0 Å². The Balaban J connectivity index is 5.19. The molecule has 0 radical (unpaired) electrons. The number of carbonyl (C=O) groups is 4. The molecule has 522 valence electrons. The minimum atomic E-state index is -4.95. The van der Waals surface area contributed by atoms with Gasteiger partial charge in [0.1, 0.15) is 19.3 Å². The van der Waals surface area contributed by atoms with E-state index in [1.54, 1.807) is 0 Å². The van der Waals surface area contributed by atoms with Crippen LogP contribution in [-0.2, 0) is 65.4 Å². The van der Waals surface area contributed by atoms with E-state index in [4.69, 9.17) is 37.0 Å². The summed E-state index contributed by atoms with van der Waals surface area (Å²) in [5, 5.41) is 10.6. The monoisotopic (exact) mass is 1300 g/mol. The first-order chi connectivity index (χ1) is 42.4. The summed E-state index contributed by atoms with van der Waals surface area (Å²) in [7, 11) is -9.89. The SMILES string of the molecule is CCCCCCCCCCCCCC(=O)O[C@H](COC(=O)CCCCCCCCCC)COP(=O)(O)OC[C@H](O)COP(=O)(O)OC[C@@H](COC(=O)CCCCCCCCCCC(C)C)OC(=O)CCCCCCCCCCCCCCCCCC(C)C. The van der Waals surface area contributed by atoms with Crippen LogP contribution in [0.4, 0.5) is 0 Å². The van der Waals surface area contributed by atoms with Gasteiger partial charge in [-0.3, -0.25) is 37.3 Å². The summed E-state index contributed by atoms with van der Waals surface area (Å²) in [6.45, 7) is 9.50. The highest BCUT2D eigenvalue weighted by molar-refractivity contribution is 7.47. The number of carbonyl (C=O) groups excluding carboxylic acids is 4. The van der Waals surface area contributed by atoms with Crippen LogP contribution in [0.25, 0.3) is 0 Å². The first-order valence-electron chi connectivity index (χ1n) is 36.0. The number of ether oxygens (including phenoxy) is 4. The molecule has 0 bridgehead atoms. The molecule has 5 atom stereocenters. The third kappa shape index (κ3) is 62.8. The van der Waals surface area contributed by atoms with Crippen LogP contribution in [0, 0.1) is 11.8 Å². The molecule has 0 aliphatic carbocycles. The van der Waals surface area contributed by atoms with Crippen LogP contribution in [-0.4, -0.2) is 96.7 Å². The van der Waals surface area contributed by atoms with E-state index in [9.17, 15) is 43.2 Å². The van der Waals surface area contributed by atoms with Crippen molar-refractivity contribution in [2.24, 2.45) is 11.8 Å². The van der Waals surface area contributed by atoms with E-state index in [0.29, 0.717) is 25.7 Å². The lowest BCUT2D eigenvalue weighted by Gasteiger charge is -2.21. The van der Waals surface area contributed by atoms with Crippen molar-refractivity contribution in [1.29, 1.82) is 0 Å². The third-order valence-electron chi connectivity index (χ3n) is 16.0. The Labute approximate surface area is 537 Å². The number of hydrogen-bond acceptors (Lipinski definition) is 15. The number of rotatable bonds is 68. The quantitative estimate of drug-likeness (QED) is 0.0222. The van der Waals surface area contributed by atoms with Crippen LogP contribution in [0.2, 0.25) is 0 Å². The van der Waals surface area contributed by atoms with Gasteiger partial charge >= 0.3 is 39.5 Å². The Morgan fingerprint density at radius 1 is 0.307 bits per heavy atom. The summed E-state index contributed by atoms with van der Waals surface area (Å²) in [6.07, 6.45) is 45.9. The van der Waals surface area contributed by atoms with Crippen LogP contribution >= 0.6 is 15.6 Å². The molecule has 0 fully saturated rings. The maximum atomic E-state index is 13.0. The van der Waals surface area contributed by atoms with Gasteiger partial charge < -0.3 is 33.8 Å². The van der Waals surface area contributed by atoms with Crippen molar-refractivity contribution in [3.05, 3.63) is 0 Å². The molecule has 0 aliphatic heterocycles. The molecule has 17 nitrogen and oxygen atoms in total. The summed E-state index contributed by atoms with van der Waals surface area (Å²) in [6, 6.07) is 0. The summed E-state index contributed by atoms with van der Waals surface area (Å²) >= 11 is 0. The summed E-state index contributed by atoms with van der Waals surface area (Å²) in [5.74, 6) is -0.599. The van der Waals surface area contributed by atoms with Gasteiger partial charge in [-0.15, -0.1) is 0 Å². The van der Waals surface area contributed by atoms with Gasteiger partial charge in [0.05, 0.1) is 26.4 Å². The zero-order valence-electron chi connectivity index (χ0n) is 57.0. The van der Waals surface area contributed by atoms with Gasteiger partial charge in [0, 0.05) is 25.7 Å². The van der Waals surface area contributed by atoms with Crippen LogP contribution < -0.4 is 0 Å². The van der Waals surface area contributed by atoms with E-state index < -0.39 is 97.5 Å². The van der Waals surface area contributed by atoms with Crippen LogP contribution in [0.3, 0.4) is 0 Å². The predicted octanol–water partition coefficient (Wildman–Crippen LogP) is 19.6. The average Bonchev–Trinajstić information content (AvgIpc) is 3.55. The molecule has 3 N–H and O–H groups in total. The molecule has 0 aliphatic rings. The smallest absolute Gasteiger partial charge is 0.462 e. The Hall–Kier alpha value is -1.94. The molecule has 0 amide bonds. The van der Waals surface area contributed by atoms with Gasteiger partial charge in [0.2, 0.25) is 0 Å². The second-order valence-electron chi connectivity index (χ2n) is 25.9. The lowest BCUT2D eigenvalue weighted by atomic mass is 10.0. The normalized spacial score (nSPS) is 14.2. The molecule has 0 heterocycles. The van der Waals surface area contributed by atoms with Gasteiger partial charge in [-0.1, -0.05) is 298 Å². The van der Waals surface area contributed by atoms with Crippen molar-refractivity contribution in [1.82, 2.24) is 0 Å². The number of phosphoric ester groups is 2.